The average Bonchev–Trinajstić information content (AvgIpc) is 2.65. The molecule has 1 rings (SSSR count). The van der Waals surface area contributed by atoms with E-state index in [1.54, 1.807) is 0 Å². The zero-order valence-electron chi connectivity index (χ0n) is 9.70. The standard InChI is InChI=1S/C11H22N2O2/c1-3-12-10(11(14)15)7-9-5-6-13(4-2)8-9/h9-10,12H,3-8H2,1-2H3,(H,14,15). The minimum absolute atomic E-state index is 0.364. The normalized spacial score (nSPS) is 24.3. The van der Waals surface area contributed by atoms with E-state index in [-0.39, 0.29) is 6.04 Å². The first kappa shape index (κ1) is 12.5. The Hall–Kier alpha value is -0.610. The van der Waals surface area contributed by atoms with Crippen molar-refractivity contribution in [2.24, 2.45) is 5.92 Å². The van der Waals surface area contributed by atoms with Crippen LogP contribution >= 0.6 is 0 Å². The van der Waals surface area contributed by atoms with Crippen molar-refractivity contribution in [1.29, 1.82) is 0 Å². The van der Waals surface area contributed by atoms with Crippen molar-refractivity contribution < 1.29 is 9.90 Å². The third-order valence-electron chi connectivity index (χ3n) is 3.13. The maximum Gasteiger partial charge on any atom is 0.320 e. The van der Waals surface area contributed by atoms with Gasteiger partial charge in [-0.15, -0.1) is 0 Å². The van der Waals surface area contributed by atoms with Gasteiger partial charge in [0, 0.05) is 6.54 Å². The smallest absolute Gasteiger partial charge is 0.320 e. The maximum absolute atomic E-state index is 11.0. The van der Waals surface area contributed by atoms with Gasteiger partial charge in [-0.25, -0.2) is 0 Å². The number of likely N-dealkylation sites (N-methyl/N-ethyl adjacent to an activating group) is 1. The molecule has 0 aromatic carbocycles. The van der Waals surface area contributed by atoms with Gasteiger partial charge in [0.15, 0.2) is 0 Å². The Bertz CT molecular complexity index is 209. The molecule has 2 N–H and O–H groups in total. The number of carbonyl (C=O) groups is 1. The molecule has 88 valence electrons. The molecule has 4 nitrogen and oxygen atoms in total. The summed E-state index contributed by atoms with van der Waals surface area (Å²) in [5, 5.41) is 12.0. The second-order valence-electron chi connectivity index (χ2n) is 4.23. The van der Waals surface area contributed by atoms with Crippen LogP contribution in [0.25, 0.3) is 0 Å². The van der Waals surface area contributed by atoms with Crippen molar-refractivity contribution in [3.63, 3.8) is 0 Å². The van der Waals surface area contributed by atoms with Crippen LogP contribution in [0.3, 0.4) is 0 Å². The van der Waals surface area contributed by atoms with E-state index in [9.17, 15) is 4.79 Å². The molecule has 15 heavy (non-hydrogen) atoms. The topological polar surface area (TPSA) is 52.6 Å². The first-order valence-corrected chi connectivity index (χ1v) is 5.85. The van der Waals surface area contributed by atoms with Gasteiger partial charge in [-0.1, -0.05) is 13.8 Å². The van der Waals surface area contributed by atoms with Gasteiger partial charge in [0.05, 0.1) is 0 Å². The van der Waals surface area contributed by atoms with Crippen molar-refractivity contribution in [3.8, 4) is 0 Å². The van der Waals surface area contributed by atoms with Crippen LogP contribution < -0.4 is 5.32 Å². The Kier molecular flexibility index (Phi) is 5.05. The summed E-state index contributed by atoms with van der Waals surface area (Å²) < 4.78 is 0. The fraction of sp³-hybridized carbons (Fsp3) is 0.909. The van der Waals surface area contributed by atoms with Crippen LogP contribution in [0.2, 0.25) is 0 Å². The molecular weight excluding hydrogens is 192 g/mol. The quantitative estimate of drug-likeness (QED) is 0.686. The molecule has 1 aliphatic rings. The van der Waals surface area contributed by atoms with Crippen molar-refractivity contribution in [2.75, 3.05) is 26.2 Å². The van der Waals surface area contributed by atoms with E-state index in [1.165, 1.54) is 0 Å². The minimum Gasteiger partial charge on any atom is -0.480 e. The monoisotopic (exact) mass is 214 g/mol. The van der Waals surface area contributed by atoms with Crippen LogP contribution in [0.4, 0.5) is 0 Å². The van der Waals surface area contributed by atoms with Gasteiger partial charge >= 0.3 is 5.97 Å². The summed E-state index contributed by atoms with van der Waals surface area (Å²) in [7, 11) is 0. The largest absolute Gasteiger partial charge is 0.480 e. The van der Waals surface area contributed by atoms with Gasteiger partial charge in [-0.3, -0.25) is 4.79 Å². The van der Waals surface area contributed by atoms with Gasteiger partial charge in [-0.2, -0.15) is 0 Å². The van der Waals surface area contributed by atoms with E-state index in [0.717, 1.165) is 39.0 Å². The first-order chi connectivity index (χ1) is 7.17. The van der Waals surface area contributed by atoms with Crippen molar-refractivity contribution in [2.45, 2.75) is 32.7 Å². The molecule has 0 aromatic rings. The zero-order chi connectivity index (χ0) is 11.3. The predicted molar refractivity (Wildman–Crippen MR) is 59.9 cm³/mol. The van der Waals surface area contributed by atoms with E-state index in [0.29, 0.717) is 5.92 Å². The lowest BCUT2D eigenvalue weighted by Gasteiger charge is -2.18. The Morgan fingerprint density at radius 3 is 2.80 bits per heavy atom. The number of carboxylic acids is 1. The highest BCUT2D eigenvalue weighted by Gasteiger charge is 2.26. The van der Waals surface area contributed by atoms with E-state index in [1.807, 2.05) is 6.92 Å². The summed E-state index contributed by atoms with van der Waals surface area (Å²) in [6.07, 6.45) is 1.91. The molecule has 0 radical (unpaired) electrons. The molecule has 0 saturated carbocycles. The van der Waals surface area contributed by atoms with Crippen LogP contribution in [0, 0.1) is 5.92 Å². The van der Waals surface area contributed by atoms with Crippen molar-refractivity contribution in [1.82, 2.24) is 10.2 Å². The SMILES string of the molecule is CCNC(CC1CCN(CC)C1)C(=O)O. The summed E-state index contributed by atoms with van der Waals surface area (Å²) in [6, 6.07) is -0.364. The number of aliphatic carboxylic acids is 1. The lowest BCUT2D eigenvalue weighted by Crippen LogP contribution is -2.38. The lowest BCUT2D eigenvalue weighted by atomic mass is 9.99. The highest BCUT2D eigenvalue weighted by molar-refractivity contribution is 5.73. The fourth-order valence-corrected chi connectivity index (χ4v) is 2.24. The third kappa shape index (κ3) is 3.80. The molecule has 2 atom stereocenters. The Labute approximate surface area is 91.6 Å². The van der Waals surface area contributed by atoms with E-state index in [2.05, 4.69) is 17.1 Å². The molecule has 0 aliphatic carbocycles. The van der Waals surface area contributed by atoms with Crippen LogP contribution in [-0.4, -0.2) is 48.2 Å². The Morgan fingerprint density at radius 2 is 2.33 bits per heavy atom. The molecular formula is C11H22N2O2. The summed E-state index contributed by atoms with van der Waals surface area (Å²) in [6.45, 7) is 8.09. The second kappa shape index (κ2) is 6.08. The number of nitrogens with one attached hydrogen (secondary N) is 1. The van der Waals surface area contributed by atoms with Crippen molar-refractivity contribution in [3.05, 3.63) is 0 Å². The maximum atomic E-state index is 11.0. The molecule has 0 spiro atoms. The van der Waals surface area contributed by atoms with Gasteiger partial charge < -0.3 is 15.3 Å². The Morgan fingerprint density at radius 1 is 1.60 bits per heavy atom. The molecule has 0 amide bonds. The van der Waals surface area contributed by atoms with Gasteiger partial charge in [0.2, 0.25) is 0 Å². The third-order valence-corrected chi connectivity index (χ3v) is 3.13. The number of hydrogen-bond acceptors (Lipinski definition) is 3. The summed E-state index contributed by atoms with van der Waals surface area (Å²) in [5.74, 6) is -0.170. The van der Waals surface area contributed by atoms with E-state index >= 15 is 0 Å². The highest BCUT2D eigenvalue weighted by atomic mass is 16.4. The van der Waals surface area contributed by atoms with Crippen molar-refractivity contribution >= 4 is 5.97 Å². The molecule has 0 bridgehead atoms. The molecule has 1 heterocycles. The van der Waals surface area contributed by atoms with Crippen LogP contribution in [0.15, 0.2) is 0 Å². The van der Waals surface area contributed by atoms with Gasteiger partial charge in [0.25, 0.3) is 0 Å². The summed E-state index contributed by atoms with van der Waals surface area (Å²) in [4.78, 5) is 13.3. The number of nitrogens with zero attached hydrogens (tertiary/aromatic N) is 1. The predicted octanol–water partition coefficient (Wildman–Crippen LogP) is 0.781. The van der Waals surface area contributed by atoms with Crippen LogP contribution in [0.5, 0.6) is 0 Å². The van der Waals surface area contributed by atoms with Gasteiger partial charge in [-0.05, 0) is 38.4 Å². The Balaban J connectivity index is 2.35. The zero-order valence-corrected chi connectivity index (χ0v) is 9.70. The van der Waals surface area contributed by atoms with Gasteiger partial charge in [0.1, 0.15) is 6.04 Å². The summed E-state index contributed by atoms with van der Waals surface area (Å²) >= 11 is 0. The fourth-order valence-electron chi connectivity index (χ4n) is 2.24. The number of hydrogen-bond donors (Lipinski definition) is 2. The van der Waals surface area contributed by atoms with E-state index < -0.39 is 5.97 Å². The lowest BCUT2D eigenvalue weighted by molar-refractivity contribution is -0.139. The average molecular weight is 214 g/mol. The minimum atomic E-state index is -0.716. The summed E-state index contributed by atoms with van der Waals surface area (Å²) in [5.41, 5.74) is 0. The number of rotatable bonds is 6. The molecule has 2 unspecified atom stereocenters. The number of likely N-dealkylation sites (tertiary alicyclic amines) is 1. The first-order valence-electron chi connectivity index (χ1n) is 5.85. The molecule has 1 aliphatic heterocycles. The molecule has 0 aromatic heterocycles. The van der Waals surface area contributed by atoms with E-state index in [4.69, 9.17) is 5.11 Å². The van der Waals surface area contributed by atoms with Crippen LogP contribution in [0.1, 0.15) is 26.7 Å². The molecule has 4 heteroatoms. The second-order valence-corrected chi connectivity index (χ2v) is 4.23. The van der Waals surface area contributed by atoms with Crippen LogP contribution in [-0.2, 0) is 4.79 Å². The number of carboxylic acid groups (broad SMARTS) is 1. The molecule has 1 fully saturated rings. The highest BCUT2D eigenvalue weighted by Crippen LogP contribution is 2.20. The molecule has 1 saturated heterocycles.